The topological polar surface area (TPSA) is 60.7 Å². The Kier molecular flexibility index (Phi) is 5.84. The van der Waals surface area contributed by atoms with E-state index in [1.807, 2.05) is 30.3 Å². The van der Waals surface area contributed by atoms with Gasteiger partial charge in [-0.15, -0.1) is 0 Å². The van der Waals surface area contributed by atoms with Gasteiger partial charge in [-0.05, 0) is 24.6 Å². The second kappa shape index (κ2) is 6.91. The summed E-state index contributed by atoms with van der Waals surface area (Å²) in [5.41, 5.74) is -0.636. The van der Waals surface area contributed by atoms with Gasteiger partial charge in [0.15, 0.2) is 0 Å². The fourth-order valence-corrected chi connectivity index (χ4v) is 3.89. The average molecular weight is 254 g/mol. The first-order valence-corrected chi connectivity index (χ1v) is 8.68. The van der Waals surface area contributed by atoms with Crippen molar-refractivity contribution < 1.29 is 15.0 Å². The summed E-state index contributed by atoms with van der Waals surface area (Å²) < 4.78 is 0. The molecule has 0 saturated heterocycles. The van der Waals surface area contributed by atoms with E-state index in [2.05, 4.69) is 0 Å². The number of benzene rings is 1. The molecule has 1 rings (SSSR count). The van der Waals surface area contributed by atoms with Crippen LogP contribution in [0.25, 0.3) is 0 Å². The summed E-state index contributed by atoms with van der Waals surface area (Å²) in [6, 6.07) is 9.43. The van der Waals surface area contributed by atoms with Crippen LogP contribution in [0.2, 0.25) is 6.55 Å². The van der Waals surface area contributed by atoms with Gasteiger partial charge in [0, 0.05) is 6.61 Å². The highest BCUT2D eigenvalue weighted by atomic mass is 28.4. The zero-order chi connectivity index (χ0) is 12.7. The summed E-state index contributed by atoms with van der Waals surface area (Å²) in [6.07, 6.45) is 3.11. The van der Waals surface area contributed by atoms with E-state index >= 15 is 0 Å². The quantitative estimate of drug-likeness (QED) is 0.501. The predicted molar refractivity (Wildman–Crippen MR) is 71.5 cm³/mol. The van der Waals surface area contributed by atoms with E-state index in [1.54, 1.807) is 6.55 Å². The standard InChI is InChI=1S/C13H22O3Si/c1-17(16,12-8-4-2-5-9-12)13(15)10-6-3-7-11-14/h2,4-5,8-9,13-16H,3,6-7,10-11H2,1H3. The monoisotopic (exact) mass is 254 g/mol. The molecule has 2 unspecified atom stereocenters. The van der Waals surface area contributed by atoms with Crippen LogP contribution >= 0.6 is 0 Å². The van der Waals surface area contributed by atoms with Crippen LogP contribution in [-0.4, -0.2) is 35.7 Å². The minimum Gasteiger partial charge on any atom is -0.426 e. The van der Waals surface area contributed by atoms with Crippen LogP contribution in [0.1, 0.15) is 25.7 Å². The molecule has 0 aliphatic heterocycles. The molecule has 0 radical (unpaired) electrons. The van der Waals surface area contributed by atoms with Crippen molar-refractivity contribution in [2.45, 2.75) is 38.0 Å². The minimum atomic E-state index is -2.75. The van der Waals surface area contributed by atoms with E-state index in [9.17, 15) is 9.90 Å². The van der Waals surface area contributed by atoms with Crippen LogP contribution in [0.15, 0.2) is 30.3 Å². The number of aliphatic hydroxyl groups is 2. The van der Waals surface area contributed by atoms with Crippen LogP contribution in [-0.2, 0) is 0 Å². The van der Waals surface area contributed by atoms with Crippen molar-refractivity contribution in [3.05, 3.63) is 30.3 Å². The minimum absolute atomic E-state index is 0.197. The van der Waals surface area contributed by atoms with Crippen molar-refractivity contribution >= 4 is 13.5 Å². The van der Waals surface area contributed by atoms with Crippen LogP contribution in [0, 0.1) is 0 Å². The van der Waals surface area contributed by atoms with E-state index in [-0.39, 0.29) is 6.61 Å². The molecule has 0 spiro atoms. The first-order chi connectivity index (χ1) is 8.09. The second-order valence-corrected chi connectivity index (χ2v) is 8.14. The lowest BCUT2D eigenvalue weighted by Gasteiger charge is -2.26. The third-order valence-electron chi connectivity index (χ3n) is 3.14. The summed E-state index contributed by atoms with van der Waals surface area (Å²) in [6.45, 7) is 1.97. The average Bonchev–Trinajstić information content (AvgIpc) is 2.35. The maximum atomic E-state index is 10.5. The molecule has 1 aromatic carbocycles. The molecule has 1 aromatic rings. The van der Waals surface area contributed by atoms with Crippen molar-refractivity contribution in [2.24, 2.45) is 0 Å². The van der Waals surface area contributed by atoms with Crippen molar-refractivity contribution in [1.29, 1.82) is 0 Å². The predicted octanol–water partition coefficient (Wildman–Crippen LogP) is 0.914. The largest absolute Gasteiger partial charge is 0.426 e. The lowest BCUT2D eigenvalue weighted by atomic mass is 10.2. The highest BCUT2D eigenvalue weighted by molar-refractivity contribution is 6.85. The normalized spacial score (nSPS) is 16.5. The van der Waals surface area contributed by atoms with Gasteiger partial charge in [0.1, 0.15) is 0 Å². The molecule has 0 fully saturated rings. The summed E-state index contributed by atoms with van der Waals surface area (Å²) >= 11 is 0. The maximum Gasteiger partial charge on any atom is 0.245 e. The molecule has 3 nitrogen and oxygen atoms in total. The lowest BCUT2D eigenvalue weighted by Crippen LogP contribution is -2.55. The van der Waals surface area contributed by atoms with Gasteiger partial charge in [0.25, 0.3) is 0 Å². The van der Waals surface area contributed by atoms with Gasteiger partial charge in [-0.3, -0.25) is 0 Å². The molecular formula is C13H22O3Si. The number of aliphatic hydroxyl groups excluding tert-OH is 2. The van der Waals surface area contributed by atoms with Crippen molar-refractivity contribution in [1.82, 2.24) is 0 Å². The van der Waals surface area contributed by atoms with Gasteiger partial charge >= 0.3 is 0 Å². The highest BCUT2D eigenvalue weighted by Crippen LogP contribution is 2.13. The van der Waals surface area contributed by atoms with Crippen LogP contribution < -0.4 is 5.19 Å². The number of unbranched alkanes of at least 4 members (excludes halogenated alkanes) is 2. The Hall–Kier alpha value is -0.683. The summed E-state index contributed by atoms with van der Waals surface area (Å²) in [5.74, 6) is 0. The van der Waals surface area contributed by atoms with E-state index in [0.29, 0.717) is 6.42 Å². The van der Waals surface area contributed by atoms with Crippen LogP contribution in [0.3, 0.4) is 0 Å². The lowest BCUT2D eigenvalue weighted by molar-refractivity contribution is 0.207. The smallest absolute Gasteiger partial charge is 0.245 e. The molecule has 0 aliphatic carbocycles. The third-order valence-corrected chi connectivity index (χ3v) is 6.23. The van der Waals surface area contributed by atoms with Gasteiger partial charge < -0.3 is 15.0 Å². The first-order valence-electron chi connectivity index (χ1n) is 6.16. The van der Waals surface area contributed by atoms with Crippen LogP contribution in [0.4, 0.5) is 0 Å². The number of hydrogen-bond donors (Lipinski definition) is 3. The van der Waals surface area contributed by atoms with Crippen molar-refractivity contribution in [2.75, 3.05) is 6.61 Å². The number of rotatable bonds is 7. The Bertz CT molecular complexity index is 314. The van der Waals surface area contributed by atoms with Gasteiger partial charge in [-0.25, -0.2) is 0 Å². The molecule has 4 heteroatoms. The SMILES string of the molecule is C[Si](O)(c1ccccc1)C(O)CCCCCO. The molecule has 0 amide bonds. The van der Waals surface area contributed by atoms with E-state index in [0.717, 1.165) is 24.4 Å². The molecule has 0 saturated carbocycles. The molecule has 2 atom stereocenters. The van der Waals surface area contributed by atoms with Gasteiger partial charge in [-0.2, -0.15) is 0 Å². The second-order valence-electron chi connectivity index (χ2n) is 4.60. The van der Waals surface area contributed by atoms with Gasteiger partial charge in [0.05, 0.1) is 5.73 Å². The van der Waals surface area contributed by atoms with Crippen molar-refractivity contribution in [3.8, 4) is 0 Å². The van der Waals surface area contributed by atoms with Gasteiger partial charge in [0.2, 0.25) is 8.32 Å². The fraction of sp³-hybridized carbons (Fsp3) is 0.538. The summed E-state index contributed by atoms with van der Waals surface area (Å²) in [4.78, 5) is 10.5. The molecule has 96 valence electrons. The maximum absolute atomic E-state index is 10.5. The van der Waals surface area contributed by atoms with E-state index in [4.69, 9.17) is 5.11 Å². The summed E-state index contributed by atoms with van der Waals surface area (Å²) in [5, 5.41) is 19.6. The Balaban J connectivity index is 2.52. The molecule has 0 aromatic heterocycles. The van der Waals surface area contributed by atoms with Crippen LogP contribution in [0.5, 0.6) is 0 Å². The third kappa shape index (κ3) is 4.24. The van der Waals surface area contributed by atoms with E-state index < -0.39 is 14.0 Å². The molecular weight excluding hydrogens is 232 g/mol. The van der Waals surface area contributed by atoms with E-state index in [1.165, 1.54) is 0 Å². The molecule has 17 heavy (non-hydrogen) atoms. The van der Waals surface area contributed by atoms with Gasteiger partial charge in [-0.1, -0.05) is 43.2 Å². The Morgan fingerprint density at radius 2 is 1.76 bits per heavy atom. The fourth-order valence-electron chi connectivity index (χ4n) is 1.88. The Labute approximate surface area is 104 Å². The summed E-state index contributed by atoms with van der Waals surface area (Å²) in [7, 11) is -2.75. The highest BCUT2D eigenvalue weighted by Gasteiger charge is 2.35. The Morgan fingerprint density at radius 3 is 2.35 bits per heavy atom. The Morgan fingerprint density at radius 1 is 1.12 bits per heavy atom. The molecule has 3 N–H and O–H groups in total. The molecule has 0 bridgehead atoms. The molecule has 0 aliphatic rings. The zero-order valence-electron chi connectivity index (χ0n) is 10.3. The van der Waals surface area contributed by atoms with Crippen molar-refractivity contribution in [3.63, 3.8) is 0 Å². The zero-order valence-corrected chi connectivity index (χ0v) is 11.3. The first kappa shape index (κ1) is 14.4. The number of hydrogen-bond acceptors (Lipinski definition) is 3. The molecule has 0 heterocycles.